The molecule has 0 fully saturated rings. The molecule has 0 aliphatic carbocycles. The summed E-state index contributed by atoms with van der Waals surface area (Å²) in [6.45, 7) is 8.41. The van der Waals surface area contributed by atoms with E-state index in [2.05, 4.69) is 19.0 Å². The summed E-state index contributed by atoms with van der Waals surface area (Å²) < 4.78 is 5.42. The first-order chi connectivity index (χ1) is 16.3. The lowest BCUT2D eigenvalue weighted by atomic mass is 10.0. The molecule has 186 valence electrons. The number of nitrogens with zero attached hydrogens (tertiary/aromatic N) is 4. The molecule has 1 aromatic heterocycles. The Morgan fingerprint density at radius 2 is 1.74 bits per heavy atom. The molecular weight excluding hydrogens is 428 g/mol. The smallest absolute Gasteiger partial charge is 0.276 e. The molecule has 2 aromatic rings. The van der Waals surface area contributed by atoms with E-state index in [1.165, 1.54) is 0 Å². The van der Waals surface area contributed by atoms with E-state index in [0.717, 1.165) is 48.9 Å². The molecule has 0 atom stereocenters. The van der Waals surface area contributed by atoms with Crippen LogP contribution in [-0.2, 0) is 17.9 Å². The highest BCUT2D eigenvalue weighted by Crippen LogP contribution is 2.27. The maximum absolute atomic E-state index is 13.7. The second-order valence-corrected chi connectivity index (χ2v) is 10.1. The highest BCUT2D eigenvalue weighted by atomic mass is 16.5. The van der Waals surface area contributed by atoms with Gasteiger partial charge in [0.25, 0.3) is 5.91 Å². The van der Waals surface area contributed by atoms with Gasteiger partial charge in [0.2, 0.25) is 5.91 Å². The number of carbonyl (C=O) groups is 2. The number of aromatic nitrogens is 1. The van der Waals surface area contributed by atoms with Crippen LogP contribution in [0.5, 0.6) is 0 Å². The molecule has 7 nitrogen and oxygen atoms in total. The van der Waals surface area contributed by atoms with Crippen molar-refractivity contribution >= 4 is 17.5 Å². The number of carbonyl (C=O) groups excluding carboxylic acids is 2. The Hall–Kier alpha value is -2.67. The lowest BCUT2D eigenvalue weighted by Crippen LogP contribution is -2.36. The predicted molar refractivity (Wildman–Crippen MR) is 135 cm³/mol. The zero-order valence-electron chi connectivity index (χ0n) is 21.5. The number of hydrogen-bond acceptors (Lipinski definition) is 5. The number of amides is 2. The van der Waals surface area contributed by atoms with Gasteiger partial charge in [0.05, 0.1) is 0 Å². The third kappa shape index (κ3) is 6.69. The molecule has 2 amide bonds. The van der Waals surface area contributed by atoms with Gasteiger partial charge in [0, 0.05) is 43.9 Å². The van der Waals surface area contributed by atoms with Crippen molar-refractivity contribution in [3.8, 4) is 0 Å². The van der Waals surface area contributed by atoms with Gasteiger partial charge in [-0.1, -0.05) is 56.5 Å². The molecule has 0 unspecified atom stereocenters. The number of aryl methyl sites for hydroxylation is 1. The standard InChI is InChI=1S/C27H40N4O3/c1-20(2)17-25(32)31-16-12-8-6-7-11-15-30(18-22-13-9-10-14-24(22)31)27(33)26-23(19-29(4)5)21(3)34-28-26/h9-10,13-14,20H,6-8,11-12,15-19H2,1-5H3. The number of fused-ring (bicyclic) bond motifs is 1. The summed E-state index contributed by atoms with van der Waals surface area (Å²) in [7, 11) is 3.94. The van der Waals surface area contributed by atoms with Gasteiger partial charge in [-0.2, -0.15) is 0 Å². The van der Waals surface area contributed by atoms with E-state index in [0.29, 0.717) is 50.0 Å². The average Bonchev–Trinajstić information content (AvgIpc) is 3.12. The average molecular weight is 469 g/mol. The van der Waals surface area contributed by atoms with Crippen LogP contribution in [0.2, 0.25) is 0 Å². The summed E-state index contributed by atoms with van der Waals surface area (Å²) in [6.07, 6.45) is 5.70. The Morgan fingerprint density at radius 3 is 2.44 bits per heavy atom. The fourth-order valence-electron chi connectivity index (χ4n) is 4.52. The van der Waals surface area contributed by atoms with E-state index in [1.807, 2.05) is 60.0 Å². The molecule has 0 saturated heterocycles. The molecule has 1 aliphatic heterocycles. The van der Waals surface area contributed by atoms with Crippen molar-refractivity contribution in [3.63, 3.8) is 0 Å². The van der Waals surface area contributed by atoms with Crippen molar-refractivity contribution < 1.29 is 14.1 Å². The highest BCUT2D eigenvalue weighted by molar-refractivity contribution is 5.95. The number of rotatable bonds is 5. The molecule has 0 N–H and O–H groups in total. The summed E-state index contributed by atoms with van der Waals surface area (Å²) in [4.78, 5) is 32.7. The summed E-state index contributed by atoms with van der Waals surface area (Å²) in [5.74, 6) is 1.01. The Morgan fingerprint density at radius 1 is 1.06 bits per heavy atom. The van der Waals surface area contributed by atoms with Crippen molar-refractivity contribution in [1.82, 2.24) is 15.0 Å². The first kappa shape index (κ1) is 25.9. The van der Waals surface area contributed by atoms with Gasteiger partial charge in [0.1, 0.15) is 5.76 Å². The van der Waals surface area contributed by atoms with Crippen LogP contribution >= 0.6 is 0 Å². The van der Waals surface area contributed by atoms with E-state index in [4.69, 9.17) is 4.52 Å². The Balaban J connectivity index is 1.96. The van der Waals surface area contributed by atoms with Crippen molar-refractivity contribution in [2.75, 3.05) is 32.1 Å². The molecule has 1 aromatic carbocycles. The molecule has 7 heteroatoms. The molecule has 0 saturated carbocycles. The maximum Gasteiger partial charge on any atom is 0.276 e. The zero-order chi connectivity index (χ0) is 24.7. The number of benzene rings is 1. The van der Waals surface area contributed by atoms with E-state index < -0.39 is 0 Å². The van der Waals surface area contributed by atoms with Gasteiger partial charge in [0.15, 0.2) is 5.69 Å². The van der Waals surface area contributed by atoms with Gasteiger partial charge in [-0.25, -0.2) is 0 Å². The number of hydrogen-bond donors (Lipinski definition) is 0. The zero-order valence-corrected chi connectivity index (χ0v) is 21.5. The lowest BCUT2D eigenvalue weighted by molar-refractivity contribution is -0.119. The van der Waals surface area contributed by atoms with Crippen LogP contribution < -0.4 is 4.90 Å². The van der Waals surface area contributed by atoms with Gasteiger partial charge < -0.3 is 19.2 Å². The minimum Gasteiger partial charge on any atom is -0.361 e. The fourth-order valence-corrected chi connectivity index (χ4v) is 4.52. The molecule has 2 heterocycles. The van der Waals surface area contributed by atoms with Gasteiger partial charge in [-0.05, 0) is 51.4 Å². The fraction of sp³-hybridized carbons (Fsp3) is 0.593. The van der Waals surface area contributed by atoms with E-state index in [1.54, 1.807) is 0 Å². The van der Waals surface area contributed by atoms with Crippen molar-refractivity contribution in [2.24, 2.45) is 5.92 Å². The van der Waals surface area contributed by atoms with Crippen LogP contribution in [-0.4, -0.2) is 54.0 Å². The largest absolute Gasteiger partial charge is 0.361 e. The molecule has 0 radical (unpaired) electrons. The molecule has 3 rings (SSSR count). The molecule has 1 aliphatic rings. The van der Waals surface area contributed by atoms with Gasteiger partial charge >= 0.3 is 0 Å². The quantitative estimate of drug-likeness (QED) is 0.616. The van der Waals surface area contributed by atoms with Crippen LogP contribution in [0, 0.1) is 12.8 Å². The topological polar surface area (TPSA) is 69.9 Å². The number of anilines is 1. The van der Waals surface area contributed by atoms with Crippen LogP contribution in [0.25, 0.3) is 0 Å². The van der Waals surface area contributed by atoms with Gasteiger partial charge in [-0.15, -0.1) is 0 Å². The van der Waals surface area contributed by atoms with Gasteiger partial charge in [-0.3, -0.25) is 9.59 Å². The summed E-state index contributed by atoms with van der Waals surface area (Å²) in [5.41, 5.74) is 3.13. The third-order valence-electron chi connectivity index (χ3n) is 6.29. The first-order valence-corrected chi connectivity index (χ1v) is 12.5. The van der Waals surface area contributed by atoms with Crippen LogP contribution in [0.15, 0.2) is 28.8 Å². The summed E-state index contributed by atoms with van der Waals surface area (Å²) in [5, 5.41) is 4.15. The second kappa shape index (κ2) is 12.2. The van der Waals surface area contributed by atoms with E-state index in [9.17, 15) is 9.59 Å². The third-order valence-corrected chi connectivity index (χ3v) is 6.29. The maximum atomic E-state index is 13.7. The summed E-state index contributed by atoms with van der Waals surface area (Å²) in [6, 6.07) is 8.00. The Kier molecular flexibility index (Phi) is 9.28. The SMILES string of the molecule is Cc1onc(C(=O)N2CCCCCCCN(C(=O)CC(C)C)c3ccccc3C2)c1CN(C)C. The molecular formula is C27H40N4O3. The van der Waals surface area contributed by atoms with Crippen LogP contribution in [0.3, 0.4) is 0 Å². The normalized spacial score (nSPS) is 15.7. The van der Waals surface area contributed by atoms with E-state index >= 15 is 0 Å². The predicted octanol–water partition coefficient (Wildman–Crippen LogP) is 5.03. The lowest BCUT2D eigenvalue weighted by Gasteiger charge is -2.29. The van der Waals surface area contributed by atoms with Crippen molar-refractivity contribution in [1.29, 1.82) is 0 Å². The monoisotopic (exact) mass is 468 g/mol. The number of para-hydroxylation sites is 1. The molecule has 0 bridgehead atoms. The van der Waals surface area contributed by atoms with Crippen molar-refractivity contribution in [2.45, 2.75) is 72.4 Å². The van der Waals surface area contributed by atoms with Crippen LogP contribution in [0.1, 0.15) is 79.7 Å². The minimum absolute atomic E-state index is 0.111. The second-order valence-electron chi connectivity index (χ2n) is 10.1. The molecule has 0 spiro atoms. The van der Waals surface area contributed by atoms with Crippen molar-refractivity contribution in [3.05, 3.63) is 46.8 Å². The first-order valence-electron chi connectivity index (χ1n) is 12.5. The summed E-state index contributed by atoms with van der Waals surface area (Å²) >= 11 is 0. The Labute approximate surface area is 204 Å². The van der Waals surface area contributed by atoms with E-state index in [-0.39, 0.29) is 11.8 Å². The minimum atomic E-state index is -0.111. The Bertz CT molecular complexity index is 967. The molecule has 34 heavy (non-hydrogen) atoms. The highest BCUT2D eigenvalue weighted by Gasteiger charge is 2.27. The van der Waals surface area contributed by atoms with Crippen LogP contribution in [0.4, 0.5) is 5.69 Å².